The predicted octanol–water partition coefficient (Wildman–Crippen LogP) is 2.23. The van der Waals surface area contributed by atoms with E-state index < -0.39 is 22.8 Å². The predicted molar refractivity (Wildman–Crippen MR) is 125 cm³/mol. The average Bonchev–Trinajstić information content (AvgIpc) is 2.76. The molecule has 0 saturated heterocycles. The van der Waals surface area contributed by atoms with E-state index in [1.165, 1.54) is 19.2 Å². The monoisotopic (exact) mass is 469 g/mol. The summed E-state index contributed by atoms with van der Waals surface area (Å²) < 4.78 is 35.4. The van der Waals surface area contributed by atoms with Crippen LogP contribution < -0.4 is 25.2 Å². The summed E-state index contributed by atoms with van der Waals surface area (Å²) in [6, 6.07) is 9.45. The molecule has 1 aliphatic rings. The van der Waals surface area contributed by atoms with E-state index in [1.54, 1.807) is 24.3 Å². The first-order chi connectivity index (χ1) is 14.9. The molecule has 3 rings (SSSR count). The van der Waals surface area contributed by atoms with Crippen molar-refractivity contribution in [1.29, 1.82) is 0 Å². The molecular formula is C21H24N3NaO6S. The number of thiol groups is 1. The number of ether oxygens (including phenoxy) is 2. The summed E-state index contributed by atoms with van der Waals surface area (Å²) >= 11 is 0. The van der Waals surface area contributed by atoms with E-state index in [2.05, 4.69) is 10.0 Å². The van der Waals surface area contributed by atoms with Gasteiger partial charge in [-0.2, -0.15) is 0 Å². The first-order valence-corrected chi connectivity index (χ1v) is 10.8. The number of amides is 1. The summed E-state index contributed by atoms with van der Waals surface area (Å²) in [5.41, 5.74) is 6.66. The number of carbonyl (C=O) groups is 2. The van der Waals surface area contributed by atoms with E-state index in [1.807, 2.05) is 6.08 Å². The average molecular weight is 469 g/mol. The molecule has 1 aliphatic carbocycles. The summed E-state index contributed by atoms with van der Waals surface area (Å²) in [6.07, 6.45) is 5.10. The summed E-state index contributed by atoms with van der Waals surface area (Å²) in [4.78, 5) is 24.9. The van der Waals surface area contributed by atoms with Crippen molar-refractivity contribution in [3.8, 4) is 11.5 Å². The number of hydrogen-bond donors (Lipinski definition) is 4. The number of allylic oxidation sites excluding steroid dienone is 1. The molecular weight excluding hydrogens is 445 g/mol. The van der Waals surface area contributed by atoms with E-state index in [9.17, 15) is 18.0 Å². The van der Waals surface area contributed by atoms with Gasteiger partial charge in [-0.05, 0) is 62.1 Å². The fourth-order valence-corrected chi connectivity index (χ4v) is 3.63. The zero-order chi connectivity index (χ0) is 22.4. The van der Waals surface area contributed by atoms with Crippen LogP contribution in [0.25, 0.3) is 0 Å². The van der Waals surface area contributed by atoms with E-state index in [0.29, 0.717) is 23.4 Å². The maximum atomic E-state index is 12.6. The van der Waals surface area contributed by atoms with Gasteiger partial charge in [0, 0.05) is 11.3 Å². The Hall–Kier alpha value is -2.53. The number of esters is 1. The van der Waals surface area contributed by atoms with Crippen LogP contribution >= 0.6 is 0 Å². The molecule has 32 heavy (non-hydrogen) atoms. The van der Waals surface area contributed by atoms with Crippen molar-refractivity contribution in [3.05, 3.63) is 53.6 Å². The Balaban J connectivity index is 0.00000363. The van der Waals surface area contributed by atoms with Gasteiger partial charge >= 0.3 is 35.5 Å². The second kappa shape index (κ2) is 11.9. The molecule has 0 bridgehead atoms. The number of hydrogen-bond acceptors (Lipinski definition) is 7. The third-order valence-electron chi connectivity index (χ3n) is 4.74. The van der Waals surface area contributed by atoms with Crippen LogP contribution in [0.1, 0.15) is 36.0 Å². The second-order valence-electron chi connectivity index (χ2n) is 6.81. The number of primary amides is 1. The van der Waals surface area contributed by atoms with Crippen molar-refractivity contribution >= 4 is 69.4 Å². The molecule has 0 fully saturated rings. The summed E-state index contributed by atoms with van der Waals surface area (Å²) in [6.45, 7) is 0. The molecule has 0 radical (unpaired) electrons. The number of rotatable bonds is 8. The first kappa shape index (κ1) is 25.7. The number of anilines is 3. The van der Waals surface area contributed by atoms with Gasteiger partial charge in [-0.1, -0.05) is 6.08 Å². The van der Waals surface area contributed by atoms with Gasteiger partial charge in [0.1, 0.15) is 17.1 Å². The third kappa shape index (κ3) is 6.49. The number of nitrogens with two attached hydrogens (primary N) is 1. The molecule has 0 heterocycles. The van der Waals surface area contributed by atoms with Crippen molar-refractivity contribution in [2.45, 2.75) is 25.7 Å². The van der Waals surface area contributed by atoms with E-state index in [-0.39, 0.29) is 52.2 Å². The minimum absolute atomic E-state index is 0. The van der Waals surface area contributed by atoms with Crippen LogP contribution in [0.5, 0.6) is 11.5 Å². The quantitative estimate of drug-likeness (QED) is 0.201. The first-order valence-electron chi connectivity index (χ1n) is 9.59. The summed E-state index contributed by atoms with van der Waals surface area (Å²) in [5, 5.41) is 2.98. The molecule has 2 aromatic rings. The van der Waals surface area contributed by atoms with Gasteiger partial charge in [0.2, 0.25) is 10.9 Å². The number of methoxy groups -OCH3 is 1. The topological polar surface area (TPSA) is 137 Å². The minimum atomic E-state index is -3.02. The molecule has 0 unspecified atom stereocenters. The molecule has 11 heteroatoms. The molecule has 2 aromatic carbocycles. The van der Waals surface area contributed by atoms with Gasteiger partial charge in [-0.3, -0.25) is 9.52 Å². The Labute approximate surface area is 209 Å². The number of nitrogens with one attached hydrogen (secondary N) is 2. The SMILES string of the molecule is COc1ccc(Nc2c(N[SH](=O)=O)ccc(OC(=O)C3=CCCCC3)c2C(N)=O)cc1.[NaH]. The van der Waals surface area contributed by atoms with Crippen molar-refractivity contribution in [2.24, 2.45) is 5.73 Å². The zero-order valence-corrected chi connectivity index (χ0v) is 17.7. The fourth-order valence-electron chi connectivity index (χ4n) is 3.24. The van der Waals surface area contributed by atoms with Gasteiger partial charge in [0.15, 0.2) is 0 Å². The normalized spacial score (nSPS) is 12.9. The fraction of sp³-hybridized carbons (Fsp3) is 0.238. The standard InChI is InChI=1S/C21H23N3O6S.Na.H/c1-29-15-9-7-14(8-10-15)23-19-16(24-31(27)28)11-12-17(18(19)20(22)25)30-21(26)13-5-3-2-4-6-13;;/h5,7-12,23,31H,2-4,6H2,1H3,(H2,22,25)(H,24,27,28);;. The molecule has 4 N–H and O–H groups in total. The van der Waals surface area contributed by atoms with E-state index >= 15 is 0 Å². The van der Waals surface area contributed by atoms with Gasteiger partial charge in [0.05, 0.1) is 18.5 Å². The van der Waals surface area contributed by atoms with Crippen LogP contribution in [0, 0.1) is 0 Å². The van der Waals surface area contributed by atoms with Crippen LogP contribution in [-0.4, -0.2) is 57.0 Å². The van der Waals surface area contributed by atoms with Crippen LogP contribution in [0.3, 0.4) is 0 Å². The van der Waals surface area contributed by atoms with Gasteiger partial charge in [0.25, 0.3) is 5.91 Å². The number of carbonyl (C=O) groups excluding carboxylic acids is 2. The maximum absolute atomic E-state index is 12.6. The molecule has 9 nitrogen and oxygen atoms in total. The molecule has 0 spiro atoms. The van der Waals surface area contributed by atoms with E-state index in [0.717, 1.165) is 19.3 Å². The van der Waals surface area contributed by atoms with Crippen LogP contribution in [0.2, 0.25) is 0 Å². The van der Waals surface area contributed by atoms with Gasteiger partial charge in [-0.25, -0.2) is 13.2 Å². The Bertz CT molecular complexity index is 1090. The molecule has 1 amide bonds. The third-order valence-corrected chi connectivity index (χ3v) is 5.16. The molecule has 166 valence electrons. The molecule has 0 saturated carbocycles. The van der Waals surface area contributed by atoms with E-state index in [4.69, 9.17) is 15.2 Å². The van der Waals surface area contributed by atoms with Crippen molar-refractivity contribution in [1.82, 2.24) is 0 Å². The Morgan fingerprint density at radius 3 is 2.34 bits per heavy atom. The Morgan fingerprint density at radius 1 is 1.06 bits per heavy atom. The second-order valence-corrected chi connectivity index (χ2v) is 7.55. The summed E-state index contributed by atoms with van der Waals surface area (Å²) in [5.74, 6) is -0.897. The van der Waals surface area contributed by atoms with Crippen LogP contribution in [0.4, 0.5) is 17.1 Å². The number of benzene rings is 2. The molecule has 0 aliphatic heterocycles. The van der Waals surface area contributed by atoms with Crippen LogP contribution in [-0.2, 0) is 15.7 Å². The van der Waals surface area contributed by atoms with Crippen molar-refractivity contribution in [3.63, 3.8) is 0 Å². The Morgan fingerprint density at radius 2 is 1.78 bits per heavy atom. The molecule has 0 aromatic heterocycles. The van der Waals surface area contributed by atoms with Gasteiger partial charge < -0.3 is 20.5 Å². The summed E-state index contributed by atoms with van der Waals surface area (Å²) in [7, 11) is -1.49. The van der Waals surface area contributed by atoms with Crippen LogP contribution in [0.15, 0.2) is 48.0 Å². The Kier molecular flexibility index (Phi) is 9.58. The molecule has 0 atom stereocenters. The van der Waals surface area contributed by atoms with Gasteiger partial charge in [-0.15, -0.1) is 0 Å². The van der Waals surface area contributed by atoms with Crippen molar-refractivity contribution in [2.75, 3.05) is 17.1 Å². The zero-order valence-electron chi connectivity index (χ0n) is 16.8. The van der Waals surface area contributed by atoms with Crippen molar-refractivity contribution < 1.29 is 27.5 Å².